The van der Waals surface area contributed by atoms with Gasteiger partial charge in [0.2, 0.25) is 5.91 Å². The SMILES string of the molecule is COc1cc(/C=N\NC(=O)CN2CCCCCC2=O)ccc1OCC(C)C. The summed E-state index contributed by atoms with van der Waals surface area (Å²) in [5.74, 6) is 1.44. The van der Waals surface area contributed by atoms with Gasteiger partial charge < -0.3 is 14.4 Å². The zero-order valence-corrected chi connectivity index (χ0v) is 16.4. The largest absolute Gasteiger partial charge is 0.493 e. The van der Waals surface area contributed by atoms with Crippen LogP contribution in [0.25, 0.3) is 0 Å². The van der Waals surface area contributed by atoms with E-state index in [1.165, 1.54) is 6.21 Å². The Morgan fingerprint density at radius 2 is 2.11 bits per heavy atom. The van der Waals surface area contributed by atoms with Crippen molar-refractivity contribution in [3.63, 3.8) is 0 Å². The van der Waals surface area contributed by atoms with Gasteiger partial charge in [0, 0.05) is 13.0 Å². The standard InChI is InChI=1S/C20H29N3O4/c1-15(2)14-27-17-9-8-16(11-18(17)26-3)12-21-22-19(24)13-23-10-6-4-5-7-20(23)25/h8-9,11-12,15H,4-7,10,13-14H2,1-3H3,(H,22,24)/b21-12-. The number of nitrogens with one attached hydrogen (secondary N) is 1. The van der Waals surface area contributed by atoms with E-state index in [9.17, 15) is 9.59 Å². The van der Waals surface area contributed by atoms with E-state index in [0.29, 0.717) is 37.0 Å². The van der Waals surface area contributed by atoms with Crippen LogP contribution in [0.4, 0.5) is 0 Å². The summed E-state index contributed by atoms with van der Waals surface area (Å²) < 4.78 is 11.1. The van der Waals surface area contributed by atoms with Crippen molar-refractivity contribution in [3.05, 3.63) is 23.8 Å². The van der Waals surface area contributed by atoms with Crippen LogP contribution in [0.15, 0.2) is 23.3 Å². The molecule has 0 saturated carbocycles. The second kappa shape index (κ2) is 10.5. The van der Waals surface area contributed by atoms with Crippen LogP contribution >= 0.6 is 0 Å². The molecule has 0 unspecified atom stereocenters. The Morgan fingerprint density at radius 3 is 2.85 bits per heavy atom. The normalized spacial score (nSPS) is 15.1. The van der Waals surface area contributed by atoms with Gasteiger partial charge in [-0.3, -0.25) is 9.59 Å². The maximum Gasteiger partial charge on any atom is 0.259 e. The first-order valence-corrected chi connectivity index (χ1v) is 9.40. The van der Waals surface area contributed by atoms with Crippen molar-refractivity contribution in [2.45, 2.75) is 39.5 Å². The predicted molar refractivity (Wildman–Crippen MR) is 104 cm³/mol. The molecule has 0 aromatic heterocycles. The summed E-state index contributed by atoms with van der Waals surface area (Å²) in [4.78, 5) is 25.5. The first kappa shape index (κ1) is 20.7. The molecule has 1 heterocycles. The van der Waals surface area contributed by atoms with Gasteiger partial charge in [-0.15, -0.1) is 0 Å². The Balaban J connectivity index is 1.89. The maximum absolute atomic E-state index is 12.0. The molecule has 27 heavy (non-hydrogen) atoms. The summed E-state index contributed by atoms with van der Waals surface area (Å²) in [7, 11) is 1.58. The zero-order valence-electron chi connectivity index (χ0n) is 16.4. The molecule has 1 aliphatic rings. The van der Waals surface area contributed by atoms with E-state index in [2.05, 4.69) is 24.4 Å². The third-order valence-electron chi connectivity index (χ3n) is 4.17. The lowest BCUT2D eigenvalue weighted by atomic mass is 10.2. The van der Waals surface area contributed by atoms with Crippen LogP contribution in [-0.2, 0) is 9.59 Å². The van der Waals surface area contributed by atoms with E-state index >= 15 is 0 Å². The Hall–Kier alpha value is -2.57. The van der Waals surface area contributed by atoms with Crippen molar-refractivity contribution in [2.75, 3.05) is 26.8 Å². The number of carbonyl (C=O) groups is 2. The van der Waals surface area contributed by atoms with E-state index in [-0.39, 0.29) is 18.4 Å². The molecule has 0 bridgehead atoms. The average molecular weight is 375 g/mol. The third-order valence-corrected chi connectivity index (χ3v) is 4.17. The van der Waals surface area contributed by atoms with Gasteiger partial charge in [0.05, 0.1) is 19.9 Å². The Morgan fingerprint density at radius 1 is 1.30 bits per heavy atom. The molecule has 1 fully saturated rings. The smallest absolute Gasteiger partial charge is 0.259 e. The molecule has 148 valence electrons. The molecule has 0 atom stereocenters. The third kappa shape index (κ3) is 6.92. The van der Waals surface area contributed by atoms with E-state index in [1.54, 1.807) is 18.1 Å². The van der Waals surface area contributed by atoms with Crippen LogP contribution in [0, 0.1) is 5.92 Å². The van der Waals surface area contributed by atoms with Gasteiger partial charge in [-0.1, -0.05) is 20.3 Å². The fraction of sp³-hybridized carbons (Fsp3) is 0.550. The van der Waals surface area contributed by atoms with E-state index in [1.807, 2.05) is 12.1 Å². The molecule has 1 aliphatic heterocycles. The van der Waals surface area contributed by atoms with Crippen molar-refractivity contribution >= 4 is 18.0 Å². The van der Waals surface area contributed by atoms with Gasteiger partial charge in [0.1, 0.15) is 6.54 Å². The molecule has 2 rings (SSSR count). The van der Waals surface area contributed by atoms with Gasteiger partial charge >= 0.3 is 0 Å². The highest BCUT2D eigenvalue weighted by Gasteiger charge is 2.18. The minimum absolute atomic E-state index is 0.0355. The molecule has 1 N–H and O–H groups in total. The first-order valence-electron chi connectivity index (χ1n) is 9.40. The summed E-state index contributed by atoms with van der Waals surface area (Å²) in [5, 5.41) is 3.98. The molecule has 0 aliphatic carbocycles. The molecule has 1 aromatic rings. The lowest BCUT2D eigenvalue weighted by molar-refractivity contribution is -0.135. The number of hydrogen-bond donors (Lipinski definition) is 1. The average Bonchev–Trinajstić information content (AvgIpc) is 2.84. The Kier molecular flexibility index (Phi) is 8.10. The van der Waals surface area contributed by atoms with Gasteiger partial charge in [-0.25, -0.2) is 5.43 Å². The lowest BCUT2D eigenvalue weighted by Gasteiger charge is -2.18. The van der Waals surface area contributed by atoms with Crippen LogP contribution in [0.3, 0.4) is 0 Å². The van der Waals surface area contributed by atoms with Crippen molar-refractivity contribution in [1.82, 2.24) is 10.3 Å². The van der Waals surface area contributed by atoms with Crippen LogP contribution in [0.1, 0.15) is 45.1 Å². The Labute approximate surface area is 160 Å². The second-order valence-electron chi connectivity index (χ2n) is 7.03. The number of hydrazone groups is 1. The van der Waals surface area contributed by atoms with Gasteiger partial charge in [-0.2, -0.15) is 5.10 Å². The minimum atomic E-state index is -0.301. The molecule has 7 heteroatoms. The number of carbonyl (C=O) groups excluding carboxylic acids is 2. The van der Waals surface area contributed by atoms with Crippen molar-refractivity contribution in [2.24, 2.45) is 11.0 Å². The molecule has 2 amide bonds. The fourth-order valence-electron chi connectivity index (χ4n) is 2.73. The molecular formula is C20H29N3O4. The summed E-state index contributed by atoms with van der Waals surface area (Å²) in [6.45, 7) is 5.44. The summed E-state index contributed by atoms with van der Waals surface area (Å²) in [6, 6.07) is 5.45. The van der Waals surface area contributed by atoms with Gasteiger partial charge in [0.15, 0.2) is 11.5 Å². The molecule has 0 spiro atoms. The summed E-state index contributed by atoms with van der Waals surface area (Å²) in [6.07, 6.45) is 4.92. The molecule has 7 nitrogen and oxygen atoms in total. The number of hydrogen-bond acceptors (Lipinski definition) is 5. The summed E-state index contributed by atoms with van der Waals surface area (Å²) in [5.41, 5.74) is 3.25. The van der Waals surface area contributed by atoms with Gasteiger partial charge in [0.25, 0.3) is 5.91 Å². The van der Waals surface area contributed by atoms with Crippen LogP contribution in [0.2, 0.25) is 0 Å². The topological polar surface area (TPSA) is 80.2 Å². The number of likely N-dealkylation sites (tertiary alicyclic amines) is 1. The highest BCUT2D eigenvalue weighted by molar-refractivity contribution is 5.86. The minimum Gasteiger partial charge on any atom is -0.493 e. The van der Waals surface area contributed by atoms with Crippen molar-refractivity contribution < 1.29 is 19.1 Å². The van der Waals surface area contributed by atoms with Crippen LogP contribution in [-0.4, -0.2) is 49.7 Å². The molecular weight excluding hydrogens is 346 g/mol. The molecule has 1 aromatic carbocycles. The Bertz CT molecular complexity index is 673. The molecule has 1 saturated heterocycles. The van der Waals surface area contributed by atoms with E-state index in [0.717, 1.165) is 24.8 Å². The van der Waals surface area contributed by atoms with Crippen LogP contribution in [0.5, 0.6) is 11.5 Å². The maximum atomic E-state index is 12.0. The van der Waals surface area contributed by atoms with E-state index < -0.39 is 0 Å². The van der Waals surface area contributed by atoms with Crippen molar-refractivity contribution in [3.8, 4) is 11.5 Å². The van der Waals surface area contributed by atoms with Crippen LogP contribution < -0.4 is 14.9 Å². The number of ether oxygens (including phenoxy) is 2. The number of benzene rings is 1. The molecule has 0 radical (unpaired) electrons. The summed E-state index contributed by atoms with van der Waals surface area (Å²) >= 11 is 0. The monoisotopic (exact) mass is 375 g/mol. The quantitative estimate of drug-likeness (QED) is 0.559. The van der Waals surface area contributed by atoms with Crippen molar-refractivity contribution in [1.29, 1.82) is 0 Å². The predicted octanol–water partition coefficient (Wildman–Crippen LogP) is 2.58. The number of methoxy groups -OCH3 is 1. The highest BCUT2D eigenvalue weighted by atomic mass is 16.5. The first-order chi connectivity index (χ1) is 13.0. The highest BCUT2D eigenvalue weighted by Crippen LogP contribution is 2.27. The van der Waals surface area contributed by atoms with Gasteiger partial charge in [-0.05, 0) is 42.5 Å². The zero-order chi connectivity index (χ0) is 19.6. The number of amides is 2. The lowest BCUT2D eigenvalue weighted by Crippen LogP contribution is -2.39. The number of rotatable bonds is 8. The number of nitrogens with zero attached hydrogens (tertiary/aromatic N) is 2. The van der Waals surface area contributed by atoms with E-state index in [4.69, 9.17) is 9.47 Å². The fourth-order valence-corrected chi connectivity index (χ4v) is 2.73. The second-order valence-corrected chi connectivity index (χ2v) is 7.03.